The van der Waals surface area contributed by atoms with Crippen LogP contribution in [0.3, 0.4) is 0 Å². The molecule has 7 heteroatoms. The molecule has 0 radical (unpaired) electrons. The van der Waals surface area contributed by atoms with Crippen molar-refractivity contribution in [1.29, 1.82) is 0 Å². The van der Waals surface area contributed by atoms with E-state index in [2.05, 4.69) is 10.1 Å². The predicted molar refractivity (Wildman–Crippen MR) is 77.9 cm³/mol. The summed E-state index contributed by atoms with van der Waals surface area (Å²) in [5, 5.41) is 11.5. The van der Waals surface area contributed by atoms with Gasteiger partial charge in [0.2, 0.25) is 5.91 Å². The van der Waals surface area contributed by atoms with Crippen LogP contribution in [-0.2, 0) is 14.3 Å². The Morgan fingerprint density at radius 1 is 1.19 bits per heavy atom. The Kier molecular flexibility index (Phi) is 8.42. The molecule has 0 bridgehead atoms. The fraction of sp³-hybridized carbons (Fsp3) is 0.786. The number of carbonyl (C=O) groups excluding carboxylic acids is 2. The van der Waals surface area contributed by atoms with Crippen LogP contribution in [-0.4, -0.2) is 53.7 Å². The number of rotatable bonds is 8. The van der Waals surface area contributed by atoms with Gasteiger partial charge >= 0.3 is 12.1 Å². The Bertz CT molecular complexity index is 366. The SMILES string of the molecule is CCC(CC)N(CC(=O)O)C(=O)[C@@H](NC(=O)OC)C(C)C. The summed E-state index contributed by atoms with van der Waals surface area (Å²) in [5.41, 5.74) is 0. The highest BCUT2D eigenvalue weighted by molar-refractivity contribution is 5.88. The molecule has 0 aromatic carbocycles. The van der Waals surface area contributed by atoms with E-state index in [1.807, 2.05) is 13.8 Å². The molecule has 0 unspecified atom stereocenters. The molecule has 0 saturated heterocycles. The zero-order valence-electron chi connectivity index (χ0n) is 13.4. The lowest BCUT2D eigenvalue weighted by Gasteiger charge is -2.33. The maximum absolute atomic E-state index is 12.6. The maximum atomic E-state index is 12.6. The molecule has 0 spiro atoms. The van der Waals surface area contributed by atoms with E-state index in [4.69, 9.17) is 5.11 Å². The van der Waals surface area contributed by atoms with Crippen LogP contribution >= 0.6 is 0 Å². The van der Waals surface area contributed by atoms with E-state index in [1.54, 1.807) is 13.8 Å². The van der Waals surface area contributed by atoms with Crippen LogP contribution in [0.25, 0.3) is 0 Å². The molecule has 0 aliphatic rings. The maximum Gasteiger partial charge on any atom is 0.407 e. The van der Waals surface area contributed by atoms with Gasteiger partial charge in [0.15, 0.2) is 0 Å². The molecular formula is C14H26N2O5. The molecular weight excluding hydrogens is 276 g/mol. The van der Waals surface area contributed by atoms with Gasteiger partial charge in [0.05, 0.1) is 7.11 Å². The largest absolute Gasteiger partial charge is 0.480 e. The van der Waals surface area contributed by atoms with Crippen molar-refractivity contribution in [2.24, 2.45) is 5.92 Å². The highest BCUT2D eigenvalue weighted by Crippen LogP contribution is 2.14. The van der Waals surface area contributed by atoms with E-state index in [-0.39, 0.29) is 18.5 Å². The lowest BCUT2D eigenvalue weighted by Crippen LogP contribution is -2.55. The molecule has 21 heavy (non-hydrogen) atoms. The Morgan fingerprint density at radius 3 is 2.05 bits per heavy atom. The second-order valence-electron chi connectivity index (χ2n) is 5.19. The summed E-state index contributed by atoms with van der Waals surface area (Å²) >= 11 is 0. The average Bonchev–Trinajstić information content (AvgIpc) is 2.43. The van der Waals surface area contributed by atoms with Crippen molar-refractivity contribution >= 4 is 18.0 Å². The minimum Gasteiger partial charge on any atom is -0.480 e. The highest BCUT2D eigenvalue weighted by atomic mass is 16.5. The minimum absolute atomic E-state index is 0.172. The predicted octanol–water partition coefficient (Wildman–Crippen LogP) is 1.47. The van der Waals surface area contributed by atoms with Crippen LogP contribution in [0.5, 0.6) is 0 Å². The van der Waals surface area contributed by atoms with E-state index in [0.29, 0.717) is 12.8 Å². The van der Waals surface area contributed by atoms with Gasteiger partial charge in [-0.1, -0.05) is 27.7 Å². The molecule has 0 fully saturated rings. The molecule has 0 aliphatic heterocycles. The first kappa shape index (κ1) is 19.2. The number of hydrogen-bond acceptors (Lipinski definition) is 4. The number of methoxy groups -OCH3 is 1. The van der Waals surface area contributed by atoms with Crippen LogP contribution in [0.15, 0.2) is 0 Å². The number of hydrogen-bond donors (Lipinski definition) is 2. The van der Waals surface area contributed by atoms with E-state index < -0.39 is 24.0 Å². The van der Waals surface area contributed by atoms with Crippen LogP contribution in [0.4, 0.5) is 4.79 Å². The molecule has 2 amide bonds. The molecule has 122 valence electrons. The molecule has 0 saturated carbocycles. The van der Waals surface area contributed by atoms with E-state index >= 15 is 0 Å². The number of ether oxygens (including phenoxy) is 1. The molecule has 0 aromatic heterocycles. The summed E-state index contributed by atoms with van der Waals surface area (Å²) < 4.78 is 4.52. The van der Waals surface area contributed by atoms with Gasteiger partial charge in [-0.05, 0) is 18.8 Å². The van der Waals surface area contributed by atoms with E-state index in [9.17, 15) is 14.4 Å². The molecule has 0 rings (SSSR count). The van der Waals surface area contributed by atoms with Gasteiger partial charge in [0.25, 0.3) is 0 Å². The van der Waals surface area contributed by atoms with Crippen molar-refractivity contribution < 1.29 is 24.2 Å². The highest BCUT2D eigenvalue weighted by Gasteiger charge is 2.32. The fourth-order valence-electron chi connectivity index (χ4n) is 2.14. The number of aliphatic carboxylic acids is 1. The van der Waals surface area contributed by atoms with Gasteiger partial charge in [-0.2, -0.15) is 0 Å². The van der Waals surface area contributed by atoms with Crippen molar-refractivity contribution in [3.63, 3.8) is 0 Å². The van der Waals surface area contributed by atoms with Gasteiger partial charge in [0, 0.05) is 6.04 Å². The van der Waals surface area contributed by atoms with Crippen LogP contribution in [0, 0.1) is 5.92 Å². The fourth-order valence-corrected chi connectivity index (χ4v) is 2.14. The van der Waals surface area contributed by atoms with Gasteiger partial charge in [-0.3, -0.25) is 9.59 Å². The van der Waals surface area contributed by atoms with Gasteiger partial charge in [-0.15, -0.1) is 0 Å². The summed E-state index contributed by atoms with van der Waals surface area (Å²) in [5.74, 6) is -1.65. The lowest BCUT2D eigenvalue weighted by molar-refractivity contribution is -0.147. The average molecular weight is 302 g/mol. The number of carboxylic acids is 1. The van der Waals surface area contributed by atoms with Gasteiger partial charge in [-0.25, -0.2) is 4.79 Å². The second-order valence-corrected chi connectivity index (χ2v) is 5.19. The standard InChI is InChI=1S/C14H26N2O5/c1-6-10(7-2)16(8-11(17)18)13(19)12(9(3)4)15-14(20)21-5/h9-10,12H,6-8H2,1-5H3,(H,15,20)(H,17,18)/t12-/m0/s1. The zero-order valence-corrected chi connectivity index (χ0v) is 13.4. The normalized spacial score (nSPS) is 12.1. The van der Waals surface area contributed by atoms with Crippen molar-refractivity contribution in [3.8, 4) is 0 Å². The molecule has 0 aliphatic carbocycles. The number of amides is 2. The third kappa shape index (κ3) is 6.01. The number of carboxylic acid groups (broad SMARTS) is 1. The van der Waals surface area contributed by atoms with Gasteiger partial charge in [0.1, 0.15) is 12.6 Å². The smallest absolute Gasteiger partial charge is 0.407 e. The Hall–Kier alpha value is -1.79. The number of alkyl carbamates (subject to hydrolysis) is 1. The molecule has 2 N–H and O–H groups in total. The molecule has 0 aromatic rings. The molecule has 1 atom stereocenters. The topological polar surface area (TPSA) is 95.9 Å². The van der Waals surface area contributed by atoms with Crippen molar-refractivity contribution in [2.45, 2.75) is 52.6 Å². The first-order chi connectivity index (χ1) is 9.78. The van der Waals surface area contributed by atoms with Crippen molar-refractivity contribution in [2.75, 3.05) is 13.7 Å². The minimum atomic E-state index is -1.07. The number of carbonyl (C=O) groups is 3. The monoisotopic (exact) mass is 302 g/mol. The summed E-state index contributed by atoms with van der Waals surface area (Å²) in [6, 6.07) is -0.980. The Labute approximate surface area is 125 Å². The summed E-state index contributed by atoms with van der Waals surface area (Å²) in [6.45, 7) is 6.98. The molecule has 7 nitrogen and oxygen atoms in total. The van der Waals surface area contributed by atoms with Crippen LogP contribution in [0.2, 0.25) is 0 Å². The summed E-state index contributed by atoms with van der Waals surface area (Å²) in [6.07, 6.45) is 0.596. The van der Waals surface area contributed by atoms with Crippen LogP contribution < -0.4 is 5.32 Å². The zero-order chi connectivity index (χ0) is 16.6. The number of nitrogens with one attached hydrogen (secondary N) is 1. The van der Waals surface area contributed by atoms with Crippen molar-refractivity contribution in [1.82, 2.24) is 10.2 Å². The first-order valence-electron chi connectivity index (χ1n) is 7.15. The summed E-state index contributed by atoms with van der Waals surface area (Å²) in [7, 11) is 1.22. The third-order valence-corrected chi connectivity index (χ3v) is 3.36. The lowest BCUT2D eigenvalue weighted by atomic mass is 10.0. The summed E-state index contributed by atoms with van der Waals surface area (Å²) in [4.78, 5) is 36.3. The Morgan fingerprint density at radius 2 is 1.71 bits per heavy atom. The van der Waals surface area contributed by atoms with Crippen LogP contribution in [0.1, 0.15) is 40.5 Å². The Balaban J connectivity index is 5.27. The van der Waals surface area contributed by atoms with E-state index in [1.165, 1.54) is 12.0 Å². The third-order valence-electron chi connectivity index (χ3n) is 3.36. The molecule has 0 heterocycles. The van der Waals surface area contributed by atoms with E-state index in [0.717, 1.165) is 0 Å². The quantitative estimate of drug-likeness (QED) is 0.708. The van der Waals surface area contributed by atoms with Gasteiger partial charge < -0.3 is 20.1 Å². The first-order valence-corrected chi connectivity index (χ1v) is 7.15. The number of nitrogens with zero attached hydrogens (tertiary/aromatic N) is 1. The second kappa shape index (κ2) is 9.20. The van der Waals surface area contributed by atoms with Crippen molar-refractivity contribution in [3.05, 3.63) is 0 Å².